The van der Waals surface area contributed by atoms with Gasteiger partial charge in [-0.2, -0.15) is 0 Å². The average Bonchev–Trinajstić information content (AvgIpc) is 2.28. The van der Waals surface area contributed by atoms with Crippen molar-refractivity contribution in [1.29, 1.82) is 0 Å². The van der Waals surface area contributed by atoms with Crippen LogP contribution >= 0.6 is 15.9 Å². The normalized spacial score (nSPS) is 16.0. The van der Waals surface area contributed by atoms with Gasteiger partial charge < -0.3 is 15.2 Å². The zero-order chi connectivity index (χ0) is 11.7. The van der Waals surface area contributed by atoms with Gasteiger partial charge in [-0.3, -0.25) is 0 Å². The smallest absolute Gasteiger partial charge is 0.164 e. The van der Waals surface area contributed by atoms with E-state index in [2.05, 4.69) is 29.8 Å². The second-order valence-electron chi connectivity index (χ2n) is 4.06. The van der Waals surface area contributed by atoms with Crippen molar-refractivity contribution in [3.8, 4) is 11.5 Å². The molecule has 1 heterocycles. The van der Waals surface area contributed by atoms with Gasteiger partial charge in [-0.15, -0.1) is 0 Å². The molecule has 0 radical (unpaired) electrons. The number of benzene rings is 1. The number of hydrogen-bond donors (Lipinski definition) is 1. The zero-order valence-corrected chi connectivity index (χ0v) is 11.1. The van der Waals surface area contributed by atoms with Crippen molar-refractivity contribution in [2.75, 3.05) is 19.8 Å². The molecular weight excluding hydrogens is 270 g/mol. The first-order chi connectivity index (χ1) is 7.65. The first-order valence-electron chi connectivity index (χ1n) is 5.43. The lowest BCUT2D eigenvalue weighted by Crippen LogP contribution is -2.18. The van der Waals surface area contributed by atoms with E-state index < -0.39 is 0 Å². The molecule has 2 rings (SSSR count). The van der Waals surface area contributed by atoms with E-state index >= 15 is 0 Å². The quantitative estimate of drug-likeness (QED) is 0.908. The molecule has 0 saturated heterocycles. The minimum atomic E-state index is 0.310. The van der Waals surface area contributed by atoms with E-state index in [1.807, 2.05) is 6.07 Å². The van der Waals surface area contributed by atoms with Crippen molar-refractivity contribution in [2.45, 2.75) is 19.8 Å². The molecular formula is C12H16BrNO2. The maximum atomic E-state index is 5.73. The highest BCUT2D eigenvalue weighted by molar-refractivity contribution is 9.10. The van der Waals surface area contributed by atoms with Gasteiger partial charge in [0, 0.05) is 4.47 Å². The maximum Gasteiger partial charge on any atom is 0.164 e. The molecule has 1 aliphatic heterocycles. The van der Waals surface area contributed by atoms with E-state index in [0.29, 0.717) is 25.7 Å². The van der Waals surface area contributed by atoms with Gasteiger partial charge in [-0.05, 0) is 36.6 Å². The molecule has 1 aromatic carbocycles. The van der Waals surface area contributed by atoms with Crippen LogP contribution in [0.5, 0.6) is 11.5 Å². The Labute approximate surface area is 104 Å². The molecule has 0 fully saturated rings. The number of ether oxygens (including phenoxy) is 2. The monoisotopic (exact) mass is 285 g/mol. The van der Waals surface area contributed by atoms with Gasteiger partial charge in [-0.25, -0.2) is 0 Å². The highest BCUT2D eigenvalue weighted by Crippen LogP contribution is 2.42. The Bertz CT molecular complexity index is 406. The minimum Gasteiger partial charge on any atom is -0.486 e. The molecule has 0 aromatic heterocycles. The number of nitrogens with two attached hydrogens (primary N) is 1. The highest BCUT2D eigenvalue weighted by atomic mass is 79.9. The van der Waals surface area contributed by atoms with Crippen molar-refractivity contribution < 1.29 is 9.47 Å². The molecule has 3 nitrogen and oxygen atoms in total. The molecule has 0 spiro atoms. The fraction of sp³-hybridized carbons (Fsp3) is 0.500. The maximum absolute atomic E-state index is 5.73. The minimum absolute atomic E-state index is 0.310. The Morgan fingerprint density at radius 3 is 2.81 bits per heavy atom. The summed E-state index contributed by atoms with van der Waals surface area (Å²) >= 11 is 3.58. The summed E-state index contributed by atoms with van der Waals surface area (Å²) in [6.45, 7) is 6.03. The summed E-state index contributed by atoms with van der Waals surface area (Å²) in [5.74, 6) is 2.00. The van der Waals surface area contributed by atoms with Crippen molar-refractivity contribution in [3.63, 3.8) is 0 Å². The first-order valence-corrected chi connectivity index (χ1v) is 6.23. The van der Waals surface area contributed by atoms with Crippen LogP contribution in [0.4, 0.5) is 0 Å². The average molecular weight is 286 g/mol. The van der Waals surface area contributed by atoms with Gasteiger partial charge in [0.2, 0.25) is 0 Å². The van der Waals surface area contributed by atoms with Gasteiger partial charge in [0.1, 0.15) is 13.2 Å². The number of halogens is 1. The van der Waals surface area contributed by atoms with Gasteiger partial charge in [0.05, 0.1) is 0 Å². The molecule has 88 valence electrons. The Kier molecular flexibility index (Phi) is 3.40. The summed E-state index contributed by atoms with van der Waals surface area (Å²) in [7, 11) is 0. The zero-order valence-electron chi connectivity index (χ0n) is 9.55. The second-order valence-corrected chi connectivity index (χ2v) is 4.91. The largest absolute Gasteiger partial charge is 0.486 e. The lowest BCUT2D eigenvalue weighted by atomic mass is 9.95. The van der Waals surface area contributed by atoms with Crippen LogP contribution in [0.3, 0.4) is 0 Å². The second kappa shape index (κ2) is 4.63. The van der Waals surface area contributed by atoms with Crippen LogP contribution in [0.2, 0.25) is 0 Å². The predicted molar refractivity (Wildman–Crippen MR) is 67.3 cm³/mol. The molecule has 1 aromatic rings. The fourth-order valence-electron chi connectivity index (χ4n) is 2.05. The van der Waals surface area contributed by atoms with E-state index in [-0.39, 0.29) is 0 Å². The summed E-state index contributed by atoms with van der Waals surface area (Å²) in [5.41, 5.74) is 8.07. The van der Waals surface area contributed by atoms with E-state index in [0.717, 1.165) is 21.5 Å². The van der Waals surface area contributed by atoms with E-state index in [1.54, 1.807) is 0 Å². The topological polar surface area (TPSA) is 44.5 Å². The van der Waals surface area contributed by atoms with E-state index in [9.17, 15) is 0 Å². The third-order valence-corrected chi connectivity index (χ3v) is 3.57. The van der Waals surface area contributed by atoms with E-state index in [4.69, 9.17) is 15.2 Å². The van der Waals surface area contributed by atoms with Crippen LogP contribution in [0.1, 0.15) is 24.0 Å². The van der Waals surface area contributed by atoms with Crippen molar-refractivity contribution in [1.82, 2.24) is 0 Å². The molecule has 4 heteroatoms. The number of rotatable bonds is 2. The van der Waals surface area contributed by atoms with Crippen LogP contribution in [0, 0.1) is 6.92 Å². The highest BCUT2D eigenvalue weighted by Gasteiger charge is 2.21. The third-order valence-electron chi connectivity index (χ3n) is 2.92. The SMILES string of the molecule is Cc1c2c(cc(Br)c1C(C)CN)OCCO2. The molecule has 16 heavy (non-hydrogen) atoms. The molecule has 1 atom stereocenters. The van der Waals surface area contributed by atoms with Gasteiger partial charge in [0.15, 0.2) is 11.5 Å². The standard InChI is InChI=1S/C12H16BrNO2/c1-7(6-14)11-8(2)12-10(5-9(11)13)15-3-4-16-12/h5,7H,3-4,6,14H2,1-2H3. The van der Waals surface area contributed by atoms with Gasteiger partial charge in [0.25, 0.3) is 0 Å². The van der Waals surface area contributed by atoms with Gasteiger partial charge in [-0.1, -0.05) is 22.9 Å². The first kappa shape index (κ1) is 11.7. The summed E-state index contributed by atoms with van der Waals surface area (Å²) in [6.07, 6.45) is 0. The summed E-state index contributed by atoms with van der Waals surface area (Å²) < 4.78 is 12.3. The van der Waals surface area contributed by atoms with Crippen molar-refractivity contribution >= 4 is 15.9 Å². The number of hydrogen-bond acceptors (Lipinski definition) is 3. The molecule has 2 N–H and O–H groups in total. The fourth-order valence-corrected chi connectivity index (χ4v) is 2.95. The lowest BCUT2D eigenvalue weighted by Gasteiger charge is -2.24. The molecule has 0 saturated carbocycles. The van der Waals surface area contributed by atoms with E-state index in [1.165, 1.54) is 5.56 Å². The third kappa shape index (κ3) is 1.92. The van der Waals surface area contributed by atoms with Crippen LogP contribution in [-0.2, 0) is 0 Å². The van der Waals surface area contributed by atoms with Crippen molar-refractivity contribution in [3.05, 3.63) is 21.7 Å². The van der Waals surface area contributed by atoms with Crippen LogP contribution < -0.4 is 15.2 Å². The van der Waals surface area contributed by atoms with Crippen molar-refractivity contribution in [2.24, 2.45) is 5.73 Å². The lowest BCUT2D eigenvalue weighted by molar-refractivity contribution is 0.170. The summed E-state index contributed by atoms with van der Waals surface area (Å²) in [5, 5.41) is 0. The molecule has 1 unspecified atom stereocenters. The predicted octanol–water partition coefficient (Wildman–Crippen LogP) is 2.59. The van der Waals surface area contributed by atoms with Crippen LogP contribution in [0.25, 0.3) is 0 Å². The van der Waals surface area contributed by atoms with Crippen LogP contribution in [0.15, 0.2) is 10.5 Å². The molecule has 0 aliphatic carbocycles. The van der Waals surface area contributed by atoms with Gasteiger partial charge >= 0.3 is 0 Å². The Hall–Kier alpha value is -0.740. The molecule has 0 bridgehead atoms. The summed E-state index contributed by atoms with van der Waals surface area (Å²) in [4.78, 5) is 0. The number of fused-ring (bicyclic) bond motifs is 1. The van der Waals surface area contributed by atoms with Crippen LogP contribution in [-0.4, -0.2) is 19.8 Å². The molecule has 0 amide bonds. The Morgan fingerprint density at radius 2 is 2.12 bits per heavy atom. The Morgan fingerprint density at radius 1 is 1.44 bits per heavy atom. The Balaban J connectivity index is 2.54. The summed E-state index contributed by atoms with van der Waals surface area (Å²) in [6, 6.07) is 1.98. The molecule has 1 aliphatic rings.